The number of amides is 3. The van der Waals surface area contributed by atoms with E-state index in [1.165, 1.54) is 0 Å². The summed E-state index contributed by atoms with van der Waals surface area (Å²) < 4.78 is 0. The molecular formula is C21H28N4O4. The van der Waals surface area contributed by atoms with Crippen LogP contribution in [0.5, 0.6) is 0 Å². The van der Waals surface area contributed by atoms with Crippen molar-refractivity contribution < 1.29 is 19.5 Å². The molecule has 3 heterocycles. The van der Waals surface area contributed by atoms with Gasteiger partial charge < -0.3 is 15.3 Å². The average Bonchev–Trinajstić information content (AvgIpc) is 3.05. The first-order valence-corrected chi connectivity index (χ1v) is 10.4. The molecule has 4 rings (SSSR count). The normalized spacial score (nSPS) is 23.4. The Morgan fingerprint density at radius 1 is 1.14 bits per heavy atom. The molecule has 8 nitrogen and oxygen atoms in total. The summed E-state index contributed by atoms with van der Waals surface area (Å²) in [6.45, 7) is 3.94. The largest absolute Gasteiger partial charge is 0.395 e. The lowest BCUT2D eigenvalue weighted by Crippen LogP contribution is -2.52. The van der Waals surface area contributed by atoms with Gasteiger partial charge in [-0.15, -0.1) is 0 Å². The summed E-state index contributed by atoms with van der Waals surface area (Å²) in [5.41, 5.74) is 2.81. The van der Waals surface area contributed by atoms with Gasteiger partial charge in [0.25, 0.3) is 5.91 Å². The van der Waals surface area contributed by atoms with E-state index < -0.39 is 6.04 Å². The zero-order valence-electron chi connectivity index (χ0n) is 16.5. The number of hydrogen-bond donors (Lipinski definition) is 3. The molecule has 0 radical (unpaired) electrons. The van der Waals surface area contributed by atoms with E-state index in [0.717, 1.165) is 43.6 Å². The SMILES string of the molecule is O=C1CCC(N2Cc3c(CN4CCC(NCCO)CC4)cccc3C2=O)C(=O)N1. The minimum absolute atomic E-state index is 0.122. The van der Waals surface area contributed by atoms with Gasteiger partial charge in [0, 0.05) is 37.7 Å². The van der Waals surface area contributed by atoms with Crippen molar-refractivity contribution in [3.63, 3.8) is 0 Å². The van der Waals surface area contributed by atoms with Crippen molar-refractivity contribution in [2.75, 3.05) is 26.2 Å². The highest BCUT2D eigenvalue weighted by Gasteiger charge is 2.39. The van der Waals surface area contributed by atoms with Gasteiger partial charge in [0.05, 0.1) is 6.61 Å². The first-order chi connectivity index (χ1) is 14.1. The molecule has 3 N–H and O–H groups in total. The molecule has 29 heavy (non-hydrogen) atoms. The fourth-order valence-corrected chi connectivity index (χ4v) is 4.60. The Labute approximate surface area is 170 Å². The number of hydrogen-bond acceptors (Lipinski definition) is 6. The van der Waals surface area contributed by atoms with Gasteiger partial charge in [-0.1, -0.05) is 12.1 Å². The summed E-state index contributed by atoms with van der Waals surface area (Å²) in [6.07, 6.45) is 2.73. The Bertz CT molecular complexity index is 804. The quantitative estimate of drug-likeness (QED) is 0.581. The first kappa shape index (κ1) is 20.0. The number of aliphatic hydroxyl groups is 1. The van der Waals surface area contributed by atoms with E-state index in [1.807, 2.05) is 12.1 Å². The predicted octanol–water partition coefficient (Wildman–Crippen LogP) is -0.00610. The van der Waals surface area contributed by atoms with Gasteiger partial charge in [-0.25, -0.2) is 0 Å². The van der Waals surface area contributed by atoms with Crippen LogP contribution in [0.1, 0.15) is 47.2 Å². The van der Waals surface area contributed by atoms with Crippen LogP contribution in [0.4, 0.5) is 0 Å². The maximum atomic E-state index is 12.9. The van der Waals surface area contributed by atoms with E-state index in [-0.39, 0.29) is 30.7 Å². The predicted molar refractivity (Wildman–Crippen MR) is 106 cm³/mol. The third-order valence-corrected chi connectivity index (χ3v) is 6.21. The molecule has 3 aliphatic rings. The van der Waals surface area contributed by atoms with Crippen LogP contribution in [0.3, 0.4) is 0 Å². The van der Waals surface area contributed by atoms with Crippen LogP contribution >= 0.6 is 0 Å². The molecule has 0 aliphatic carbocycles. The van der Waals surface area contributed by atoms with Gasteiger partial charge in [0.15, 0.2) is 0 Å². The lowest BCUT2D eigenvalue weighted by molar-refractivity contribution is -0.136. The summed E-state index contributed by atoms with van der Waals surface area (Å²) in [4.78, 5) is 40.6. The second-order valence-electron chi connectivity index (χ2n) is 8.07. The monoisotopic (exact) mass is 400 g/mol. The molecule has 1 aromatic rings. The van der Waals surface area contributed by atoms with Crippen LogP contribution in [0.2, 0.25) is 0 Å². The number of likely N-dealkylation sites (tertiary alicyclic amines) is 1. The third-order valence-electron chi connectivity index (χ3n) is 6.21. The minimum atomic E-state index is -0.575. The second-order valence-corrected chi connectivity index (χ2v) is 8.07. The molecule has 0 saturated carbocycles. The molecule has 0 spiro atoms. The number of benzene rings is 1. The molecule has 0 bridgehead atoms. The average molecular weight is 400 g/mol. The molecule has 1 unspecified atom stereocenters. The molecule has 2 saturated heterocycles. The van der Waals surface area contributed by atoms with Crippen LogP contribution in [0.15, 0.2) is 18.2 Å². The molecule has 8 heteroatoms. The van der Waals surface area contributed by atoms with Crippen LogP contribution in [-0.4, -0.2) is 71.0 Å². The van der Waals surface area contributed by atoms with Gasteiger partial charge in [-0.05, 0) is 49.5 Å². The van der Waals surface area contributed by atoms with E-state index in [0.29, 0.717) is 31.1 Å². The molecular weight excluding hydrogens is 372 g/mol. The Hall–Kier alpha value is -2.29. The highest BCUT2D eigenvalue weighted by atomic mass is 16.3. The van der Waals surface area contributed by atoms with Gasteiger partial charge in [-0.3, -0.25) is 24.6 Å². The Morgan fingerprint density at radius 3 is 2.66 bits per heavy atom. The number of carbonyl (C=O) groups excluding carboxylic acids is 3. The molecule has 156 valence electrons. The van der Waals surface area contributed by atoms with E-state index in [1.54, 1.807) is 4.90 Å². The number of nitrogens with one attached hydrogen (secondary N) is 2. The number of nitrogens with zero attached hydrogens (tertiary/aromatic N) is 2. The van der Waals surface area contributed by atoms with Gasteiger partial charge >= 0.3 is 0 Å². The van der Waals surface area contributed by atoms with Crippen LogP contribution < -0.4 is 10.6 Å². The van der Waals surface area contributed by atoms with E-state index in [4.69, 9.17) is 5.11 Å². The van der Waals surface area contributed by atoms with Gasteiger partial charge in [-0.2, -0.15) is 0 Å². The summed E-state index contributed by atoms with van der Waals surface area (Å²) in [5, 5.41) is 14.7. The summed E-state index contributed by atoms with van der Waals surface area (Å²) in [5.74, 6) is -0.766. The number of fused-ring (bicyclic) bond motifs is 1. The Morgan fingerprint density at radius 2 is 1.93 bits per heavy atom. The summed E-state index contributed by atoms with van der Waals surface area (Å²) in [7, 11) is 0. The number of rotatable bonds is 6. The minimum Gasteiger partial charge on any atom is -0.395 e. The zero-order chi connectivity index (χ0) is 20.4. The maximum absolute atomic E-state index is 12.9. The molecule has 3 aliphatic heterocycles. The first-order valence-electron chi connectivity index (χ1n) is 10.4. The summed E-state index contributed by atoms with van der Waals surface area (Å²) in [6, 6.07) is 5.68. The molecule has 2 fully saturated rings. The number of aliphatic hydroxyl groups excluding tert-OH is 1. The molecule has 1 aromatic carbocycles. The second kappa shape index (κ2) is 8.61. The van der Waals surface area contributed by atoms with E-state index in [2.05, 4.69) is 21.6 Å². The van der Waals surface area contributed by atoms with Crippen molar-refractivity contribution in [3.05, 3.63) is 34.9 Å². The smallest absolute Gasteiger partial charge is 0.255 e. The van der Waals surface area contributed by atoms with Crippen molar-refractivity contribution in [2.24, 2.45) is 0 Å². The van der Waals surface area contributed by atoms with E-state index >= 15 is 0 Å². The van der Waals surface area contributed by atoms with Crippen LogP contribution in [0.25, 0.3) is 0 Å². The zero-order valence-corrected chi connectivity index (χ0v) is 16.5. The van der Waals surface area contributed by atoms with Crippen LogP contribution in [-0.2, 0) is 22.7 Å². The number of piperidine rings is 2. The summed E-state index contributed by atoms with van der Waals surface area (Å²) >= 11 is 0. The fraction of sp³-hybridized carbons (Fsp3) is 0.571. The van der Waals surface area contributed by atoms with Crippen LogP contribution in [0, 0.1) is 0 Å². The fourth-order valence-electron chi connectivity index (χ4n) is 4.60. The van der Waals surface area contributed by atoms with Crippen molar-refractivity contribution >= 4 is 17.7 Å². The van der Waals surface area contributed by atoms with Crippen molar-refractivity contribution in [2.45, 2.75) is 50.9 Å². The topological polar surface area (TPSA) is 102 Å². The lowest BCUT2D eigenvalue weighted by Gasteiger charge is -2.33. The molecule has 0 aromatic heterocycles. The van der Waals surface area contributed by atoms with E-state index in [9.17, 15) is 14.4 Å². The van der Waals surface area contributed by atoms with Crippen molar-refractivity contribution in [1.82, 2.24) is 20.4 Å². The van der Waals surface area contributed by atoms with Gasteiger partial charge in [0.1, 0.15) is 6.04 Å². The van der Waals surface area contributed by atoms with Crippen molar-refractivity contribution in [1.29, 1.82) is 0 Å². The highest BCUT2D eigenvalue weighted by Crippen LogP contribution is 2.30. The van der Waals surface area contributed by atoms with Crippen molar-refractivity contribution in [3.8, 4) is 0 Å². The number of carbonyl (C=O) groups is 3. The maximum Gasteiger partial charge on any atom is 0.255 e. The standard InChI is InChI=1S/C21H28N4O4/c26-11-8-22-15-6-9-24(10-7-15)12-14-2-1-3-16-17(14)13-25(21(16)29)18-4-5-19(27)23-20(18)28/h1-3,15,18,22,26H,4-13H2,(H,23,27,28). The lowest BCUT2D eigenvalue weighted by atomic mass is 10.0. The molecule has 1 atom stereocenters. The third kappa shape index (κ3) is 4.19. The highest BCUT2D eigenvalue weighted by molar-refractivity contribution is 6.05. The Kier molecular flexibility index (Phi) is 5.94. The number of imide groups is 1. The molecule has 3 amide bonds. The van der Waals surface area contributed by atoms with Gasteiger partial charge in [0.2, 0.25) is 11.8 Å². The Balaban J connectivity index is 1.42.